The summed E-state index contributed by atoms with van der Waals surface area (Å²) in [7, 11) is 0. The molecule has 198 valence electrons. The van der Waals surface area contributed by atoms with Crippen LogP contribution in [-0.4, -0.2) is 151 Å². The highest BCUT2D eigenvalue weighted by Crippen LogP contribution is 2.11. The minimum absolute atomic E-state index is 0.162. The Morgan fingerprint density at radius 1 is 0.818 bits per heavy atom. The molecule has 0 bridgehead atoms. The van der Waals surface area contributed by atoms with E-state index in [1.807, 2.05) is 0 Å². The smallest absolute Gasteiger partial charge is 0.234 e. The van der Waals surface area contributed by atoms with Gasteiger partial charge in [-0.05, 0) is 38.9 Å². The number of nitrogens with two attached hydrogens (primary N) is 2. The van der Waals surface area contributed by atoms with Gasteiger partial charge in [-0.2, -0.15) is 0 Å². The lowest BCUT2D eigenvalue weighted by atomic mass is 10.0. The van der Waals surface area contributed by atoms with Crippen molar-refractivity contribution in [2.75, 3.05) is 45.9 Å². The molecule has 0 rings (SSSR count). The Balaban J connectivity index is 5.09. The molecule has 14 heteroatoms. The fraction of sp³-hybridized carbons (Fsp3) is 0.947. The van der Waals surface area contributed by atoms with Crippen LogP contribution in [0.15, 0.2) is 0 Å². The second kappa shape index (κ2) is 17.4. The summed E-state index contributed by atoms with van der Waals surface area (Å²) in [5, 5.41) is 90.4. The van der Waals surface area contributed by atoms with Crippen molar-refractivity contribution in [3.63, 3.8) is 0 Å². The van der Waals surface area contributed by atoms with Gasteiger partial charge in [-0.3, -0.25) is 9.69 Å². The highest BCUT2D eigenvalue weighted by molar-refractivity contribution is 5.79. The molecular formula is C19H42N4O10. The van der Waals surface area contributed by atoms with Gasteiger partial charge in [-0.25, -0.2) is 0 Å². The Bertz CT molecular complexity index is 521. The van der Waals surface area contributed by atoms with Crippen molar-refractivity contribution < 1.29 is 50.8 Å². The van der Waals surface area contributed by atoms with E-state index in [1.165, 1.54) is 4.90 Å². The summed E-state index contributed by atoms with van der Waals surface area (Å²) in [6.07, 6.45) is -10.8. The molecule has 14 N–H and O–H groups in total. The molecule has 14 nitrogen and oxygen atoms in total. The Morgan fingerprint density at radius 3 is 1.85 bits per heavy atom. The van der Waals surface area contributed by atoms with Gasteiger partial charge in [-0.15, -0.1) is 0 Å². The highest BCUT2D eigenvalue weighted by Gasteiger charge is 2.32. The molecule has 0 unspecified atom stereocenters. The van der Waals surface area contributed by atoms with E-state index in [-0.39, 0.29) is 32.6 Å². The average molecular weight is 487 g/mol. The molecule has 0 aliphatic rings. The van der Waals surface area contributed by atoms with E-state index < -0.39 is 67.9 Å². The SMILES string of the molecule is NCC[C@H](NCCCN(C[C@H](O)[C@@H](O)[C@H](O)[C@H](O)CO)C[C@H](O)[C@@H](O)[C@H](O)CCO)C(N)=O. The van der Waals surface area contributed by atoms with E-state index in [0.29, 0.717) is 19.4 Å². The van der Waals surface area contributed by atoms with Gasteiger partial charge in [0.1, 0.15) is 24.4 Å². The number of amides is 1. The first-order chi connectivity index (χ1) is 15.5. The number of carbonyl (C=O) groups excluding carboxylic acids is 1. The van der Waals surface area contributed by atoms with E-state index in [2.05, 4.69) is 5.32 Å². The van der Waals surface area contributed by atoms with Crippen LogP contribution in [0.5, 0.6) is 0 Å². The number of nitrogens with one attached hydrogen (secondary N) is 1. The molecule has 0 aromatic carbocycles. The minimum Gasteiger partial charge on any atom is -0.396 e. The van der Waals surface area contributed by atoms with E-state index in [9.17, 15) is 40.5 Å². The molecule has 0 spiro atoms. The lowest BCUT2D eigenvalue weighted by Gasteiger charge is -2.33. The van der Waals surface area contributed by atoms with E-state index in [4.69, 9.17) is 21.7 Å². The summed E-state index contributed by atoms with van der Waals surface area (Å²) in [6, 6.07) is -0.632. The van der Waals surface area contributed by atoms with Crippen molar-refractivity contribution in [1.29, 1.82) is 0 Å². The van der Waals surface area contributed by atoms with Gasteiger partial charge in [0.05, 0.1) is 31.0 Å². The summed E-state index contributed by atoms with van der Waals surface area (Å²) in [4.78, 5) is 12.8. The van der Waals surface area contributed by atoms with Gasteiger partial charge < -0.3 is 62.7 Å². The predicted octanol–water partition coefficient (Wildman–Crippen LogP) is -6.63. The Morgan fingerprint density at radius 2 is 1.36 bits per heavy atom. The molecule has 0 aromatic heterocycles. The van der Waals surface area contributed by atoms with Crippen LogP contribution in [0.4, 0.5) is 0 Å². The van der Waals surface area contributed by atoms with Crippen LogP contribution in [0, 0.1) is 0 Å². The maximum absolute atomic E-state index is 11.4. The van der Waals surface area contributed by atoms with Gasteiger partial charge in [0, 0.05) is 19.7 Å². The zero-order chi connectivity index (χ0) is 25.6. The number of carbonyl (C=O) groups is 1. The maximum atomic E-state index is 11.4. The second-order valence-electron chi connectivity index (χ2n) is 8.04. The zero-order valence-corrected chi connectivity index (χ0v) is 18.7. The number of hydrogen-bond acceptors (Lipinski definition) is 13. The minimum atomic E-state index is -1.83. The van der Waals surface area contributed by atoms with Crippen LogP contribution in [-0.2, 0) is 4.79 Å². The number of primary amides is 1. The quantitative estimate of drug-likeness (QED) is 0.0714. The molecule has 0 saturated carbocycles. The standard InChI is InChI=1S/C19H42N4O10/c20-4-2-11(19(21)33)22-5-1-6-23(8-13(27)16(30)12(26)3-7-24)9-14(28)17(31)18(32)15(29)10-25/h11-18,22,24-32H,1-10,20H2,(H2,21,33)/t11-,12+,13-,14-,15+,16-,17+,18+/m0/s1. The number of nitrogens with zero attached hydrogens (tertiary/aromatic N) is 1. The monoisotopic (exact) mass is 486 g/mol. The first kappa shape index (κ1) is 32.0. The van der Waals surface area contributed by atoms with Gasteiger partial charge in [0.2, 0.25) is 5.91 Å². The van der Waals surface area contributed by atoms with Crippen molar-refractivity contribution in [1.82, 2.24) is 10.2 Å². The third-order valence-corrected chi connectivity index (χ3v) is 5.27. The van der Waals surface area contributed by atoms with Crippen molar-refractivity contribution in [2.45, 2.75) is 68.0 Å². The zero-order valence-electron chi connectivity index (χ0n) is 18.7. The molecule has 1 amide bonds. The van der Waals surface area contributed by atoms with Gasteiger partial charge in [0.25, 0.3) is 0 Å². The predicted molar refractivity (Wildman–Crippen MR) is 117 cm³/mol. The average Bonchev–Trinajstić information content (AvgIpc) is 2.78. The fourth-order valence-electron chi connectivity index (χ4n) is 3.22. The van der Waals surface area contributed by atoms with Gasteiger partial charge in [-0.1, -0.05) is 0 Å². The molecule has 0 radical (unpaired) electrons. The molecule has 0 heterocycles. The van der Waals surface area contributed by atoms with Crippen LogP contribution in [0.1, 0.15) is 19.3 Å². The second-order valence-corrected chi connectivity index (χ2v) is 8.04. The van der Waals surface area contributed by atoms with Crippen LogP contribution in [0.3, 0.4) is 0 Å². The van der Waals surface area contributed by atoms with Crippen molar-refractivity contribution in [3.8, 4) is 0 Å². The van der Waals surface area contributed by atoms with Crippen molar-refractivity contribution in [2.24, 2.45) is 11.5 Å². The van der Waals surface area contributed by atoms with Crippen LogP contribution in [0.25, 0.3) is 0 Å². The third kappa shape index (κ3) is 12.3. The van der Waals surface area contributed by atoms with Gasteiger partial charge in [0.15, 0.2) is 0 Å². The van der Waals surface area contributed by atoms with E-state index >= 15 is 0 Å². The molecule has 33 heavy (non-hydrogen) atoms. The normalized spacial score (nSPS) is 19.5. The molecular weight excluding hydrogens is 444 g/mol. The summed E-state index contributed by atoms with van der Waals surface area (Å²) >= 11 is 0. The number of hydrogen-bond donors (Lipinski definition) is 12. The Labute approximate surface area is 193 Å². The topological polar surface area (TPSA) is 266 Å². The van der Waals surface area contributed by atoms with E-state index in [1.54, 1.807) is 0 Å². The van der Waals surface area contributed by atoms with Crippen molar-refractivity contribution in [3.05, 3.63) is 0 Å². The maximum Gasteiger partial charge on any atom is 0.234 e. The summed E-state index contributed by atoms with van der Waals surface area (Å²) < 4.78 is 0. The lowest BCUT2D eigenvalue weighted by molar-refractivity contribution is -0.123. The molecule has 8 atom stereocenters. The van der Waals surface area contributed by atoms with Crippen LogP contribution < -0.4 is 16.8 Å². The Hall–Kier alpha value is -1.01. The fourth-order valence-corrected chi connectivity index (χ4v) is 3.22. The Kier molecular flexibility index (Phi) is 16.9. The lowest BCUT2D eigenvalue weighted by Crippen LogP contribution is -2.52. The molecule has 0 aliphatic heterocycles. The third-order valence-electron chi connectivity index (χ3n) is 5.27. The van der Waals surface area contributed by atoms with Gasteiger partial charge >= 0.3 is 0 Å². The van der Waals surface area contributed by atoms with Crippen molar-refractivity contribution >= 4 is 5.91 Å². The first-order valence-corrected chi connectivity index (χ1v) is 10.9. The summed E-state index contributed by atoms with van der Waals surface area (Å²) in [6.45, 7) is -1.06. The molecule has 0 aliphatic carbocycles. The summed E-state index contributed by atoms with van der Waals surface area (Å²) in [5.74, 6) is -0.566. The highest BCUT2D eigenvalue weighted by atomic mass is 16.4. The number of aliphatic hydroxyl groups excluding tert-OH is 9. The number of rotatable bonds is 20. The van der Waals surface area contributed by atoms with E-state index in [0.717, 1.165) is 0 Å². The molecule has 0 aromatic rings. The molecule has 0 fully saturated rings. The first-order valence-electron chi connectivity index (χ1n) is 10.9. The molecule has 0 saturated heterocycles. The largest absolute Gasteiger partial charge is 0.396 e. The van der Waals surface area contributed by atoms with Crippen LogP contribution in [0.2, 0.25) is 0 Å². The van der Waals surface area contributed by atoms with Crippen LogP contribution >= 0.6 is 0 Å². The summed E-state index contributed by atoms with van der Waals surface area (Å²) in [5.41, 5.74) is 10.7. The number of aliphatic hydroxyl groups is 9.